The van der Waals surface area contributed by atoms with Gasteiger partial charge in [-0.25, -0.2) is 0 Å². The van der Waals surface area contributed by atoms with E-state index in [1.54, 1.807) is 38.1 Å². The number of amides is 2. The minimum atomic E-state index is -1.09. The first kappa shape index (κ1) is 31.5. The zero-order chi connectivity index (χ0) is 34.6. The average Bonchev–Trinajstić information content (AvgIpc) is 3.66. The summed E-state index contributed by atoms with van der Waals surface area (Å²) in [5, 5.41) is 22.8. The standard InChI is InChI=1S/C36H36N4O9/c1-15-29(42)20-10-22-24(12-37)40-23(28(38(22)4)27(20)30(43)32(15)46-5)11-21-26(34-33(47-14-48-34)16(2)31(21)49-17(3)41)25(40)13-39-35(44)18-8-6-7-9-19(18)36(39)45/h6-9,20,22-25,27-28,30,43H,10-11,13-14H2,1-5H3/t20?,22-,23?,24?,25-,27?,28-,30?/m0/s1. The molecule has 0 saturated carbocycles. The number of hydrogen-bond acceptors (Lipinski definition) is 12. The quantitative estimate of drug-likeness (QED) is 0.288. The highest BCUT2D eigenvalue weighted by molar-refractivity contribution is 6.21. The van der Waals surface area contributed by atoms with Crippen LogP contribution in [-0.2, 0) is 20.7 Å². The first-order chi connectivity index (χ1) is 23.5. The highest BCUT2D eigenvalue weighted by Crippen LogP contribution is 2.57. The van der Waals surface area contributed by atoms with E-state index in [0.717, 1.165) is 0 Å². The summed E-state index contributed by atoms with van der Waals surface area (Å²) in [6.45, 7) is 4.52. The maximum Gasteiger partial charge on any atom is 0.308 e. The van der Waals surface area contributed by atoms with Gasteiger partial charge < -0.3 is 24.1 Å². The summed E-state index contributed by atoms with van der Waals surface area (Å²) in [6.07, 6.45) is -0.521. The molecule has 2 amide bonds. The number of rotatable bonds is 4. The lowest BCUT2D eigenvalue weighted by atomic mass is 9.61. The second-order valence-corrected chi connectivity index (χ2v) is 13.7. The van der Waals surface area contributed by atoms with Crippen molar-refractivity contribution in [3.8, 4) is 23.3 Å². The molecule has 8 atom stereocenters. The SMILES string of the molecule is COC1=C(C)C(=O)C2C[C@H]3C(C#N)N4C(Cc5c(OC(C)=O)c(C)c6c(c5[C@@H]4CN4C(=O)c5ccccc5C4=O)OCO6)[C@@H](C2C1O)N3C. The van der Waals surface area contributed by atoms with E-state index in [4.69, 9.17) is 18.9 Å². The van der Waals surface area contributed by atoms with Crippen LogP contribution in [0.4, 0.5) is 0 Å². The molecule has 2 aromatic rings. The molecule has 2 fully saturated rings. The molecule has 2 aromatic carbocycles. The Kier molecular flexibility index (Phi) is 7.15. The Balaban J connectivity index is 1.35. The normalized spacial score (nSPS) is 31.5. The van der Waals surface area contributed by atoms with Gasteiger partial charge in [0.1, 0.15) is 23.7 Å². The number of methoxy groups -OCH3 is 1. The lowest BCUT2D eigenvalue weighted by molar-refractivity contribution is -0.162. The summed E-state index contributed by atoms with van der Waals surface area (Å²) in [7, 11) is 3.35. The minimum absolute atomic E-state index is 0.0888. The Bertz CT molecular complexity index is 1900. The van der Waals surface area contributed by atoms with Gasteiger partial charge >= 0.3 is 5.97 Å². The highest BCUT2D eigenvalue weighted by atomic mass is 16.7. The number of hydrogen-bond donors (Lipinski definition) is 1. The van der Waals surface area contributed by atoms with Crippen LogP contribution < -0.4 is 14.2 Å². The van der Waals surface area contributed by atoms with Crippen molar-refractivity contribution >= 4 is 23.6 Å². The Labute approximate surface area is 282 Å². The minimum Gasteiger partial charge on any atom is -0.498 e. The van der Waals surface area contributed by atoms with Crippen molar-refractivity contribution in [2.24, 2.45) is 11.8 Å². The fourth-order valence-corrected chi connectivity index (χ4v) is 9.64. The fraction of sp³-hybridized carbons (Fsp3) is 0.472. The van der Waals surface area contributed by atoms with Crippen LogP contribution in [-0.4, -0.2) is 101 Å². The number of nitrogens with zero attached hydrogens (tertiary/aromatic N) is 4. The third-order valence-corrected chi connectivity index (χ3v) is 11.6. The van der Waals surface area contributed by atoms with Gasteiger partial charge in [0, 0.05) is 65.7 Å². The number of aliphatic hydroxyl groups is 1. The molecule has 2 saturated heterocycles. The van der Waals surface area contributed by atoms with E-state index in [1.165, 1.54) is 18.9 Å². The molecule has 49 heavy (non-hydrogen) atoms. The van der Waals surface area contributed by atoms with Crippen LogP contribution in [0.3, 0.4) is 0 Å². The summed E-state index contributed by atoms with van der Waals surface area (Å²) >= 11 is 0. The van der Waals surface area contributed by atoms with Gasteiger partial charge in [0.2, 0.25) is 6.79 Å². The van der Waals surface area contributed by atoms with Crippen molar-refractivity contribution in [1.29, 1.82) is 5.26 Å². The van der Waals surface area contributed by atoms with E-state index in [-0.39, 0.29) is 37.1 Å². The summed E-state index contributed by atoms with van der Waals surface area (Å²) < 4.78 is 23.5. The van der Waals surface area contributed by atoms with E-state index >= 15 is 0 Å². The Hall–Kier alpha value is -4.77. The molecule has 0 radical (unpaired) electrons. The molecule has 13 heteroatoms. The third-order valence-electron chi connectivity index (χ3n) is 11.6. The second-order valence-electron chi connectivity index (χ2n) is 13.7. The van der Waals surface area contributed by atoms with Crippen molar-refractivity contribution in [2.75, 3.05) is 27.5 Å². The number of aliphatic hydroxyl groups excluding tert-OH is 1. The predicted molar refractivity (Wildman–Crippen MR) is 170 cm³/mol. The molecular weight excluding hydrogens is 632 g/mol. The fourth-order valence-electron chi connectivity index (χ4n) is 9.64. The Morgan fingerprint density at radius 1 is 1.08 bits per heavy atom. The number of ether oxygens (including phenoxy) is 4. The lowest BCUT2D eigenvalue weighted by Crippen LogP contribution is -2.76. The third kappa shape index (κ3) is 4.20. The molecule has 5 aliphatic heterocycles. The van der Waals surface area contributed by atoms with E-state index in [1.807, 2.05) is 11.9 Å². The van der Waals surface area contributed by atoms with Crippen molar-refractivity contribution in [1.82, 2.24) is 14.7 Å². The first-order valence-electron chi connectivity index (χ1n) is 16.4. The number of imide groups is 1. The van der Waals surface area contributed by atoms with Gasteiger partial charge in [-0.3, -0.25) is 33.9 Å². The maximum atomic E-state index is 13.9. The zero-order valence-corrected chi connectivity index (χ0v) is 27.8. The Morgan fingerprint density at radius 3 is 2.39 bits per heavy atom. The molecule has 5 unspecified atom stereocenters. The van der Waals surface area contributed by atoms with Crippen LogP contribution >= 0.6 is 0 Å². The van der Waals surface area contributed by atoms with Gasteiger partial charge in [0.05, 0.1) is 30.3 Å². The number of nitriles is 1. The second kappa shape index (κ2) is 11.1. The number of ketones is 1. The van der Waals surface area contributed by atoms with Crippen LogP contribution in [0, 0.1) is 30.1 Å². The molecule has 1 N–H and O–H groups in total. The maximum absolute atomic E-state index is 13.9. The molecule has 254 valence electrons. The molecule has 2 bridgehead atoms. The van der Waals surface area contributed by atoms with Gasteiger partial charge in [-0.15, -0.1) is 0 Å². The van der Waals surface area contributed by atoms with Gasteiger partial charge in [-0.1, -0.05) is 12.1 Å². The van der Waals surface area contributed by atoms with Crippen LogP contribution in [0.5, 0.6) is 17.2 Å². The number of likely N-dealkylation sites (N-methyl/N-ethyl adjacent to an activating group) is 1. The van der Waals surface area contributed by atoms with Gasteiger partial charge in [0.15, 0.2) is 17.3 Å². The van der Waals surface area contributed by atoms with E-state index < -0.39 is 65.9 Å². The molecular formula is C36H36N4O9. The zero-order valence-electron chi connectivity index (χ0n) is 27.8. The number of allylic oxidation sites excluding steroid dienone is 1. The molecule has 0 spiro atoms. The molecule has 0 aromatic heterocycles. The van der Waals surface area contributed by atoms with Gasteiger partial charge in [-0.2, -0.15) is 5.26 Å². The van der Waals surface area contributed by atoms with Gasteiger partial charge in [-0.05, 0) is 45.9 Å². The lowest BCUT2D eigenvalue weighted by Gasteiger charge is -2.64. The number of fused-ring (bicyclic) bond motifs is 10. The van der Waals surface area contributed by atoms with Crippen molar-refractivity contribution in [3.63, 3.8) is 0 Å². The highest BCUT2D eigenvalue weighted by Gasteiger charge is 2.63. The van der Waals surface area contributed by atoms with Crippen LogP contribution in [0.25, 0.3) is 0 Å². The summed E-state index contributed by atoms with van der Waals surface area (Å²) in [5.41, 5.74) is 2.73. The summed E-state index contributed by atoms with van der Waals surface area (Å²) in [6, 6.07) is 6.17. The number of carbonyl (C=O) groups is 4. The molecule has 8 rings (SSSR count). The van der Waals surface area contributed by atoms with E-state index in [0.29, 0.717) is 51.3 Å². The Morgan fingerprint density at radius 2 is 1.76 bits per heavy atom. The topological polar surface area (TPSA) is 159 Å². The largest absolute Gasteiger partial charge is 0.498 e. The molecule has 5 heterocycles. The number of esters is 1. The monoisotopic (exact) mass is 668 g/mol. The van der Waals surface area contributed by atoms with Gasteiger partial charge in [0.25, 0.3) is 11.8 Å². The van der Waals surface area contributed by atoms with Crippen molar-refractivity contribution in [2.45, 2.75) is 69.9 Å². The van der Waals surface area contributed by atoms with Crippen LogP contribution in [0.15, 0.2) is 35.6 Å². The molecule has 13 nitrogen and oxygen atoms in total. The smallest absolute Gasteiger partial charge is 0.308 e. The number of Topliss-reactive ketones (excluding diaryl/α,β-unsaturated/α-hetero) is 1. The van der Waals surface area contributed by atoms with Crippen LogP contribution in [0.2, 0.25) is 0 Å². The number of piperidine rings is 1. The van der Waals surface area contributed by atoms with E-state index in [9.17, 15) is 29.5 Å². The first-order valence-corrected chi connectivity index (χ1v) is 16.4. The number of piperazine rings is 1. The predicted octanol–water partition coefficient (Wildman–Crippen LogP) is 2.29. The molecule has 1 aliphatic carbocycles. The number of carbonyl (C=O) groups excluding carboxylic acids is 4. The summed E-state index contributed by atoms with van der Waals surface area (Å²) in [5.74, 6) is -1.39. The summed E-state index contributed by atoms with van der Waals surface area (Å²) in [4.78, 5) is 59.4. The average molecular weight is 669 g/mol. The number of benzene rings is 2. The molecule has 6 aliphatic rings. The van der Waals surface area contributed by atoms with E-state index in [2.05, 4.69) is 11.0 Å². The van der Waals surface area contributed by atoms with Crippen molar-refractivity contribution < 1.29 is 43.2 Å². The van der Waals surface area contributed by atoms with Crippen LogP contribution in [0.1, 0.15) is 63.7 Å². The van der Waals surface area contributed by atoms with Crippen molar-refractivity contribution in [3.05, 3.63) is 63.4 Å².